The van der Waals surface area contributed by atoms with Gasteiger partial charge in [0.25, 0.3) is 0 Å². The zero-order valence-corrected chi connectivity index (χ0v) is 12.7. The fraction of sp³-hybridized carbons (Fsp3) is 0.600. The molecule has 2 fully saturated rings. The normalized spacial score (nSPS) is 22.0. The lowest BCUT2D eigenvalue weighted by atomic mass is 9.86. The van der Waals surface area contributed by atoms with E-state index >= 15 is 0 Å². The standard InChI is InChI=1S/C15H20FNO3S/c16-21(18,19)20-14-5-3-13(4-6-14)11-17-10-9-15(12-17)7-1-2-8-15/h3-6H,1-2,7-12H2. The lowest BCUT2D eigenvalue weighted by Gasteiger charge is -2.23. The highest BCUT2D eigenvalue weighted by atomic mass is 32.3. The van der Waals surface area contributed by atoms with Crippen molar-refractivity contribution >= 4 is 10.5 Å². The third kappa shape index (κ3) is 3.74. The van der Waals surface area contributed by atoms with Crippen LogP contribution >= 0.6 is 0 Å². The maximum absolute atomic E-state index is 12.4. The molecule has 0 atom stereocenters. The molecule has 0 unspecified atom stereocenters. The molecule has 2 aliphatic rings. The van der Waals surface area contributed by atoms with Gasteiger partial charge in [0.2, 0.25) is 0 Å². The average molecular weight is 313 g/mol. The number of halogens is 1. The van der Waals surface area contributed by atoms with E-state index in [0.29, 0.717) is 5.41 Å². The molecule has 1 saturated heterocycles. The maximum atomic E-state index is 12.4. The van der Waals surface area contributed by atoms with Crippen LogP contribution in [0.4, 0.5) is 3.89 Å². The largest absolute Gasteiger partial charge is 0.488 e. The molecule has 0 aromatic heterocycles. The number of likely N-dealkylation sites (tertiary alicyclic amines) is 1. The second kappa shape index (κ2) is 5.57. The Morgan fingerprint density at radius 1 is 1.14 bits per heavy atom. The Bertz CT molecular complexity index is 594. The minimum Gasteiger partial charge on any atom is -0.358 e. The monoisotopic (exact) mass is 313 g/mol. The highest BCUT2D eigenvalue weighted by Crippen LogP contribution is 2.45. The average Bonchev–Trinajstić information content (AvgIpc) is 3.01. The van der Waals surface area contributed by atoms with Crippen LogP contribution in [0, 0.1) is 5.41 Å². The Kier molecular flexibility index (Phi) is 3.92. The van der Waals surface area contributed by atoms with Gasteiger partial charge < -0.3 is 4.18 Å². The van der Waals surface area contributed by atoms with E-state index in [4.69, 9.17) is 0 Å². The summed E-state index contributed by atoms with van der Waals surface area (Å²) in [5, 5.41) is 0. The SMILES string of the molecule is O=S(=O)(F)Oc1ccc(CN2CCC3(CCCC3)C2)cc1. The first-order valence-electron chi connectivity index (χ1n) is 7.40. The molecule has 116 valence electrons. The van der Waals surface area contributed by atoms with Gasteiger partial charge >= 0.3 is 10.5 Å². The van der Waals surface area contributed by atoms with Gasteiger partial charge in [-0.1, -0.05) is 28.9 Å². The lowest BCUT2D eigenvalue weighted by molar-refractivity contribution is 0.256. The fourth-order valence-corrected chi connectivity index (χ4v) is 4.06. The van der Waals surface area contributed by atoms with Gasteiger partial charge in [-0.3, -0.25) is 4.90 Å². The van der Waals surface area contributed by atoms with Crippen LogP contribution in [0.3, 0.4) is 0 Å². The van der Waals surface area contributed by atoms with Crippen molar-refractivity contribution < 1.29 is 16.5 Å². The summed E-state index contributed by atoms with van der Waals surface area (Å²) in [6, 6.07) is 6.57. The van der Waals surface area contributed by atoms with Crippen LogP contribution in [0.5, 0.6) is 5.75 Å². The Balaban J connectivity index is 1.58. The Hall–Kier alpha value is -1.14. The first-order valence-corrected chi connectivity index (χ1v) is 8.70. The molecular weight excluding hydrogens is 293 g/mol. The Morgan fingerprint density at radius 3 is 2.43 bits per heavy atom. The van der Waals surface area contributed by atoms with Crippen LogP contribution in [0.15, 0.2) is 24.3 Å². The van der Waals surface area contributed by atoms with Crippen LogP contribution in [0.25, 0.3) is 0 Å². The van der Waals surface area contributed by atoms with Gasteiger partial charge in [0.05, 0.1) is 0 Å². The van der Waals surface area contributed by atoms with Crippen molar-refractivity contribution in [1.82, 2.24) is 4.90 Å². The summed E-state index contributed by atoms with van der Waals surface area (Å²) in [4.78, 5) is 2.45. The van der Waals surface area contributed by atoms with Crippen molar-refractivity contribution in [2.45, 2.75) is 38.6 Å². The topological polar surface area (TPSA) is 46.6 Å². The number of hydrogen-bond donors (Lipinski definition) is 0. The molecule has 1 heterocycles. The molecule has 1 saturated carbocycles. The highest BCUT2D eigenvalue weighted by Gasteiger charge is 2.39. The highest BCUT2D eigenvalue weighted by molar-refractivity contribution is 7.81. The van der Waals surface area contributed by atoms with Crippen LogP contribution in [-0.4, -0.2) is 26.4 Å². The first kappa shape index (κ1) is 14.8. The van der Waals surface area contributed by atoms with Crippen LogP contribution in [0.2, 0.25) is 0 Å². The molecule has 1 spiro atoms. The second-order valence-electron chi connectivity index (χ2n) is 6.29. The third-order valence-corrected chi connectivity index (χ3v) is 5.10. The number of nitrogens with zero attached hydrogens (tertiary/aromatic N) is 1. The molecule has 1 aromatic rings. The minimum absolute atomic E-state index is 0.00920. The van der Waals surface area contributed by atoms with E-state index in [1.54, 1.807) is 12.1 Å². The zero-order chi connectivity index (χ0) is 14.9. The predicted octanol–water partition coefficient (Wildman–Crippen LogP) is 3.05. The van der Waals surface area contributed by atoms with E-state index in [-0.39, 0.29) is 5.75 Å². The van der Waals surface area contributed by atoms with E-state index < -0.39 is 10.5 Å². The Labute approximate surface area is 125 Å². The summed E-state index contributed by atoms with van der Waals surface area (Å²) in [5.74, 6) is 0.00920. The van der Waals surface area contributed by atoms with Crippen molar-refractivity contribution in [3.05, 3.63) is 29.8 Å². The van der Waals surface area contributed by atoms with Crippen molar-refractivity contribution in [2.75, 3.05) is 13.1 Å². The quantitative estimate of drug-likeness (QED) is 0.802. The molecule has 0 amide bonds. The minimum atomic E-state index is -4.94. The lowest BCUT2D eigenvalue weighted by Crippen LogP contribution is -2.24. The molecule has 21 heavy (non-hydrogen) atoms. The van der Waals surface area contributed by atoms with Gasteiger partial charge in [0.15, 0.2) is 0 Å². The van der Waals surface area contributed by atoms with Crippen LogP contribution in [-0.2, 0) is 17.0 Å². The van der Waals surface area contributed by atoms with Crippen molar-refractivity contribution in [3.63, 3.8) is 0 Å². The van der Waals surface area contributed by atoms with Crippen molar-refractivity contribution in [2.24, 2.45) is 5.41 Å². The molecule has 0 radical (unpaired) electrons. The summed E-state index contributed by atoms with van der Waals surface area (Å²) in [7, 11) is -4.94. The number of hydrogen-bond acceptors (Lipinski definition) is 4. The zero-order valence-electron chi connectivity index (χ0n) is 11.9. The summed E-state index contributed by atoms with van der Waals surface area (Å²) in [6.45, 7) is 3.13. The van der Waals surface area contributed by atoms with E-state index in [1.807, 2.05) is 0 Å². The summed E-state index contributed by atoms with van der Waals surface area (Å²) < 4.78 is 37.4. The van der Waals surface area contributed by atoms with Gasteiger partial charge in [-0.2, -0.15) is 8.42 Å². The number of benzene rings is 1. The second-order valence-corrected chi connectivity index (χ2v) is 7.24. The van der Waals surface area contributed by atoms with E-state index in [1.165, 1.54) is 44.2 Å². The van der Waals surface area contributed by atoms with E-state index in [2.05, 4.69) is 9.08 Å². The van der Waals surface area contributed by atoms with Crippen LogP contribution in [0.1, 0.15) is 37.7 Å². The fourth-order valence-electron chi connectivity index (χ4n) is 3.72. The summed E-state index contributed by atoms with van der Waals surface area (Å²) in [5.41, 5.74) is 1.64. The summed E-state index contributed by atoms with van der Waals surface area (Å²) in [6.07, 6.45) is 6.71. The predicted molar refractivity (Wildman–Crippen MR) is 77.9 cm³/mol. The smallest absolute Gasteiger partial charge is 0.358 e. The first-order chi connectivity index (χ1) is 9.94. The molecule has 3 rings (SSSR count). The molecule has 0 bridgehead atoms. The van der Waals surface area contributed by atoms with Crippen LogP contribution < -0.4 is 4.18 Å². The molecule has 1 aliphatic carbocycles. The van der Waals surface area contributed by atoms with Gasteiger partial charge in [-0.25, -0.2) is 0 Å². The number of rotatable bonds is 4. The molecule has 6 heteroatoms. The van der Waals surface area contributed by atoms with E-state index in [9.17, 15) is 12.3 Å². The molecule has 4 nitrogen and oxygen atoms in total. The van der Waals surface area contributed by atoms with Crippen molar-refractivity contribution in [3.8, 4) is 5.75 Å². The molecule has 0 N–H and O–H groups in total. The molecular formula is C15H20FNO3S. The van der Waals surface area contributed by atoms with Gasteiger partial charge in [0, 0.05) is 13.1 Å². The van der Waals surface area contributed by atoms with Gasteiger partial charge in [0.1, 0.15) is 5.75 Å². The van der Waals surface area contributed by atoms with E-state index in [0.717, 1.165) is 25.2 Å². The molecule has 1 aliphatic heterocycles. The third-order valence-electron chi connectivity index (χ3n) is 4.71. The molecule has 1 aromatic carbocycles. The van der Waals surface area contributed by atoms with Gasteiger partial charge in [-0.05, 0) is 48.9 Å². The van der Waals surface area contributed by atoms with Gasteiger partial charge in [-0.15, -0.1) is 0 Å². The summed E-state index contributed by atoms with van der Waals surface area (Å²) >= 11 is 0. The maximum Gasteiger partial charge on any atom is 0.488 e. The van der Waals surface area contributed by atoms with Crippen molar-refractivity contribution in [1.29, 1.82) is 0 Å². The Morgan fingerprint density at radius 2 is 1.81 bits per heavy atom.